The fraction of sp³-hybridized carbons (Fsp3) is 0.307. The second kappa shape index (κ2) is 50.4. The molecule has 0 bridgehead atoms. The Morgan fingerprint density at radius 1 is 0.466 bits per heavy atom. The number of amides is 3. The van der Waals surface area contributed by atoms with Crippen LogP contribution in [0.5, 0.6) is 17.2 Å². The molecule has 9 aromatic rings. The molecule has 0 unspecified atom stereocenters. The van der Waals surface area contributed by atoms with E-state index in [9.17, 15) is 38.7 Å². The molecular formula is C88H100Br3N5O18S4. The van der Waals surface area contributed by atoms with Crippen LogP contribution in [0.4, 0.5) is 0 Å². The number of esters is 4. The van der Waals surface area contributed by atoms with E-state index in [1.165, 1.54) is 28.4 Å². The summed E-state index contributed by atoms with van der Waals surface area (Å²) in [7, 11) is 5.46. The van der Waals surface area contributed by atoms with Crippen molar-refractivity contribution in [2.24, 2.45) is 11.8 Å². The van der Waals surface area contributed by atoms with Crippen molar-refractivity contribution in [1.82, 2.24) is 25.9 Å². The maximum Gasteiger partial charge on any atom is 0.337 e. The molecule has 118 heavy (non-hydrogen) atoms. The van der Waals surface area contributed by atoms with E-state index >= 15 is 0 Å². The minimum atomic E-state index is -0.605. The summed E-state index contributed by atoms with van der Waals surface area (Å²) in [4.78, 5) is 88.2. The summed E-state index contributed by atoms with van der Waals surface area (Å²) in [5.41, 5.74) is 12.8. The largest absolute Gasteiger partial charge is 0.484 e. The van der Waals surface area contributed by atoms with E-state index in [1.54, 1.807) is 72.2 Å². The quantitative estimate of drug-likeness (QED) is 0.0197. The first-order chi connectivity index (χ1) is 55.4. The zero-order valence-electron chi connectivity index (χ0n) is 65.6. The Kier molecular flexibility index (Phi) is 41.9. The number of benzene rings is 9. The van der Waals surface area contributed by atoms with E-state index in [0.29, 0.717) is 105 Å². The first-order valence-electron chi connectivity index (χ1n) is 37.2. The predicted octanol–water partition coefficient (Wildman–Crippen LogP) is 15.4. The standard InChI is InChI=1S/C23H25NO5.C22H24N2O5.C17H18BrNO3.C17H17NO3.C9H8Br2O2.4H2S/c1-27-23(26)18-7-8-19-14-24(22(25)17-9-11-28-12-10-17)15-21(29-20(19)13-18)16-5-3-2-4-6-16;25-21(23-27)17-6-7-18-13-24(22(26)16-8-10-28-11-9-16)14-20(29-19(18)12-17)15-4-2-1-3-5-15;1-22-17(21)13-7-8-14(15(18)9-13)10-19-11-16(20)12-5-3-2-4-6-12;1-20-17(19)13-7-8-14-10-18-11-16(21-15(14)9-13)12-5-3-2-4-6-12;1-13-9(12)6-2-3-7(5-10)8(11)4-6;;;;/h2-8,13,17,21H,9-12,14-15H2,1H3;1-7,12,16,20,27H,8-11,13-14H2,(H,23,25);2-9,16,19-20H,10-11H2,1H3;2-9,16,18H,10-11H2,1H3;2-4H,5H2,1H3;4*1H2/t21-;20-;2*16-;;;;;/m1111...../s1. The van der Waals surface area contributed by atoms with Crippen molar-refractivity contribution in [3.8, 4) is 17.2 Å². The van der Waals surface area contributed by atoms with Gasteiger partial charge in [-0.2, -0.15) is 54.0 Å². The second-order valence-corrected chi connectivity index (χ2v) is 29.3. The van der Waals surface area contributed by atoms with Gasteiger partial charge in [-0.15, -0.1) is 0 Å². The van der Waals surface area contributed by atoms with Crippen LogP contribution in [0.1, 0.15) is 152 Å². The van der Waals surface area contributed by atoms with E-state index in [4.69, 9.17) is 38.4 Å². The van der Waals surface area contributed by atoms with Crippen molar-refractivity contribution in [2.75, 3.05) is 81.0 Å². The fourth-order valence-corrected chi connectivity index (χ4v) is 15.1. The number of nitrogens with zero attached hydrogens (tertiary/aromatic N) is 2. The minimum Gasteiger partial charge on any atom is -0.484 e. The highest BCUT2D eigenvalue weighted by atomic mass is 79.9. The van der Waals surface area contributed by atoms with E-state index in [1.807, 2.05) is 155 Å². The first kappa shape index (κ1) is 98.1. The number of hydrogen-bond acceptors (Lipinski definition) is 20. The number of hydroxylamine groups is 1. The molecule has 9 aromatic carbocycles. The van der Waals surface area contributed by atoms with Crippen LogP contribution in [0, 0.1) is 11.8 Å². The average molecular weight is 1880 g/mol. The summed E-state index contributed by atoms with van der Waals surface area (Å²) in [5.74, 6) is 0.0429. The third-order valence-corrected chi connectivity index (χ3v) is 21.6. The lowest BCUT2D eigenvalue weighted by atomic mass is 9.98. The molecule has 0 saturated carbocycles. The second-order valence-electron chi connectivity index (χ2n) is 27.1. The van der Waals surface area contributed by atoms with E-state index < -0.39 is 18.0 Å². The van der Waals surface area contributed by atoms with Gasteiger partial charge in [-0.1, -0.05) is 199 Å². The highest BCUT2D eigenvalue weighted by Crippen LogP contribution is 2.37. The maximum atomic E-state index is 13.3. The number of nitrogens with one attached hydrogen (secondary N) is 3. The van der Waals surface area contributed by atoms with Gasteiger partial charge in [0.25, 0.3) is 5.91 Å². The summed E-state index contributed by atoms with van der Waals surface area (Å²) in [5, 5.41) is 26.4. The van der Waals surface area contributed by atoms with Crippen LogP contribution in [0.2, 0.25) is 0 Å². The van der Waals surface area contributed by atoms with Gasteiger partial charge < -0.3 is 68.2 Å². The van der Waals surface area contributed by atoms with Crippen molar-refractivity contribution >= 4 is 143 Å². The van der Waals surface area contributed by atoms with Crippen LogP contribution in [0.25, 0.3) is 0 Å². The first-order valence-corrected chi connectivity index (χ1v) is 39.9. The number of methoxy groups -OCH3 is 4. The van der Waals surface area contributed by atoms with Gasteiger partial charge in [0, 0.05) is 114 Å². The summed E-state index contributed by atoms with van der Waals surface area (Å²) < 4.78 is 50.1. The van der Waals surface area contributed by atoms with Gasteiger partial charge in [-0.3, -0.25) is 19.6 Å². The monoisotopic (exact) mass is 1880 g/mol. The van der Waals surface area contributed by atoms with Gasteiger partial charge in [-0.25, -0.2) is 24.7 Å². The van der Waals surface area contributed by atoms with Crippen LogP contribution in [0.3, 0.4) is 0 Å². The smallest absolute Gasteiger partial charge is 0.337 e. The number of fused-ring (bicyclic) bond motifs is 3. The Labute approximate surface area is 741 Å². The average Bonchev–Trinajstić information content (AvgIpc) is 1.68. The highest BCUT2D eigenvalue weighted by molar-refractivity contribution is 9.11. The molecule has 30 heteroatoms. The number of carbonyl (C=O) groups is 7. The number of carbonyl (C=O) groups excluding carboxylic acids is 7. The molecule has 5 aliphatic rings. The normalized spacial score (nSPS) is 16.0. The van der Waals surface area contributed by atoms with Crippen LogP contribution in [0.15, 0.2) is 221 Å². The van der Waals surface area contributed by atoms with Gasteiger partial charge >= 0.3 is 23.9 Å². The lowest BCUT2D eigenvalue weighted by molar-refractivity contribution is -0.140. The number of rotatable bonds is 16. The highest BCUT2D eigenvalue weighted by Gasteiger charge is 2.35. The Balaban J connectivity index is 0.000000232. The van der Waals surface area contributed by atoms with Crippen molar-refractivity contribution in [3.63, 3.8) is 0 Å². The Hall–Kier alpha value is -8.73. The number of aliphatic hydroxyl groups excluding tert-OH is 1. The number of aliphatic hydroxyl groups is 1. The van der Waals surface area contributed by atoms with Gasteiger partial charge in [0.1, 0.15) is 35.6 Å². The predicted molar refractivity (Wildman–Crippen MR) is 479 cm³/mol. The Bertz CT molecular complexity index is 4570. The summed E-state index contributed by atoms with van der Waals surface area (Å²) in [6, 6.07) is 65.6. The molecule has 4 atom stereocenters. The molecule has 0 radical (unpaired) electrons. The zero-order chi connectivity index (χ0) is 80.9. The lowest BCUT2D eigenvalue weighted by Crippen LogP contribution is -2.40. The zero-order valence-corrected chi connectivity index (χ0v) is 74.4. The van der Waals surface area contributed by atoms with E-state index in [2.05, 4.69) is 67.9 Å². The van der Waals surface area contributed by atoms with Crippen LogP contribution < -0.4 is 30.3 Å². The Morgan fingerprint density at radius 2 is 0.822 bits per heavy atom. The van der Waals surface area contributed by atoms with Crippen molar-refractivity contribution in [3.05, 3.63) is 299 Å². The molecule has 2 saturated heterocycles. The topological polar surface area (TPSA) is 286 Å². The van der Waals surface area contributed by atoms with Crippen LogP contribution >= 0.6 is 102 Å². The maximum absolute atomic E-state index is 13.3. The summed E-state index contributed by atoms with van der Waals surface area (Å²) in [6.45, 7) is 6.72. The van der Waals surface area contributed by atoms with Crippen LogP contribution in [-0.4, -0.2) is 143 Å². The number of hydrogen-bond donors (Lipinski definition) is 5. The molecule has 23 nitrogen and oxygen atoms in total. The third kappa shape index (κ3) is 27.9. The molecule has 630 valence electrons. The molecule has 0 aliphatic carbocycles. The molecule has 0 aromatic heterocycles. The van der Waals surface area contributed by atoms with Crippen molar-refractivity contribution in [2.45, 2.75) is 81.6 Å². The number of alkyl halides is 1. The molecule has 5 heterocycles. The van der Waals surface area contributed by atoms with Crippen LogP contribution in [-0.2, 0) is 69.5 Å². The summed E-state index contributed by atoms with van der Waals surface area (Å²) >= 11 is 10.2. The molecule has 2 fully saturated rings. The lowest BCUT2D eigenvalue weighted by Gasteiger charge is -2.30. The number of halogens is 3. The van der Waals surface area contributed by atoms with Crippen molar-refractivity contribution < 1.29 is 86.5 Å². The minimum absolute atomic E-state index is 0. The fourth-order valence-electron chi connectivity index (χ4n) is 13.2. The molecule has 0 spiro atoms. The third-order valence-electron chi connectivity index (χ3n) is 19.6. The van der Waals surface area contributed by atoms with Gasteiger partial charge in [-0.05, 0) is 120 Å². The van der Waals surface area contributed by atoms with E-state index in [0.717, 1.165) is 109 Å². The molecule has 5 N–H and O–H groups in total. The number of ether oxygens (including phenoxy) is 9. The molecule has 14 rings (SSSR count). The SMILES string of the molecule is COC(=O)c1ccc(CBr)c(Br)c1.COC(=O)c1ccc(CNC[C@@H](O)c2ccccc2)c(Br)c1.COC(=O)c1ccc2c(c1)O[C@@H](c1ccccc1)CN(C(=O)C1CCOCC1)C2.COC(=O)c1ccc2c(c1)O[C@@H](c1ccccc1)CNC2.O=C(NO)c1ccc2c(c1)O[C@@H](c1ccccc1)CN(C(=O)C1CCOCC1)C2.S.S.S.S. The summed E-state index contributed by atoms with van der Waals surface area (Å²) in [6.07, 6.45) is 1.68. The molecule has 3 amide bonds. The molecular weight excluding hydrogens is 1780 g/mol. The van der Waals surface area contributed by atoms with Gasteiger partial charge in [0.05, 0.1) is 69.9 Å². The van der Waals surface area contributed by atoms with Gasteiger partial charge in [0.15, 0.2) is 0 Å². The van der Waals surface area contributed by atoms with Crippen molar-refractivity contribution in [1.29, 1.82) is 0 Å². The van der Waals surface area contributed by atoms with E-state index in [-0.39, 0.29) is 114 Å². The molecule has 5 aliphatic heterocycles. The van der Waals surface area contributed by atoms with Gasteiger partial charge in [0.2, 0.25) is 11.8 Å². The Morgan fingerprint density at radius 3 is 1.23 bits per heavy atom.